The molecule has 0 radical (unpaired) electrons. The smallest absolute Gasteiger partial charge is 0.160 e. The predicted octanol–water partition coefficient (Wildman–Crippen LogP) is 2.65. The van der Waals surface area contributed by atoms with Gasteiger partial charge in [0.25, 0.3) is 0 Å². The van der Waals surface area contributed by atoms with Gasteiger partial charge >= 0.3 is 0 Å². The minimum Gasteiger partial charge on any atom is -0.374 e. The molecule has 1 saturated carbocycles. The molecule has 14 heavy (non-hydrogen) atoms. The molecule has 0 saturated heterocycles. The van der Waals surface area contributed by atoms with Gasteiger partial charge in [-0.1, -0.05) is 6.92 Å². The van der Waals surface area contributed by atoms with E-state index in [-0.39, 0.29) is 0 Å². The second-order valence-corrected chi connectivity index (χ2v) is 5.12. The lowest BCUT2D eigenvalue weighted by atomic mass is 10.3. The number of hydrogen-bond acceptors (Lipinski definition) is 3. The summed E-state index contributed by atoms with van der Waals surface area (Å²) in [4.78, 5) is 13.6. The summed E-state index contributed by atoms with van der Waals surface area (Å²) in [5.74, 6) is 1.75. The average Bonchev–Trinajstić information content (AvgIpc) is 2.72. The van der Waals surface area contributed by atoms with Gasteiger partial charge in [0.05, 0.1) is 4.88 Å². The zero-order valence-electron chi connectivity index (χ0n) is 8.56. The van der Waals surface area contributed by atoms with Crippen molar-refractivity contribution < 1.29 is 4.79 Å². The zero-order valence-corrected chi connectivity index (χ0v) is 9.38. The molecule has 2 nitrogen and oxygen atoms in total. The van der Waals surface area contributed by atoms with E-state index >= 15 is 0 Å². The lowest BCUT2D eigenvalue weighted by molar-refractivity contribution is 0.112. The number of thiophene rings is 1. The minimum absolute atomic E-state index is 0.815. The summed E-state index contributed by atoms with van der Waals surface area (Å²) in [6.45, 7) is 3.42. The average molecular weight is 209 g/mol. The van der Waals surface area contributed by atoms with E-state index in [0.717, 1.165) is 29.5 Å². The Balaban J connectivity index is 1.96. The standard InChI is InChI=1S/C11H15NOS/c1-8-3-9(8)5-12(2)10-4-11(6-13)14-7-10/h4,6-9H,3,5H2,1-2H3. The van der Waals surface area contributed by atoms with Crippen LogP contribution in [0.1, 0.15) is 23.0 Å². The summed E-state index contributed by atoms with van der Waals surface area (Å²) in [7, 11) is 2.10. The van der Waals surface area contributed by atoms with E-state index in [4.69, 9.17) is 0 Å². The lowest BCUT2D eigenvalue weighted by Gasteiger charge is -2.16. The Morgan fingerprint density at radius 3 is 2.93 bits per heavy atom. The molecular formula is C11H15NOS. The first-order valence-corrected chi connectivity index (χ1v) is 5.83. The maximum absolute atomic E-state index is 10.5. The zero-order chi connectivity index (χ0) is 10.1. The van der Waals surface area contributed by atoms with Crippen molar-refractivity contribution in [3.05, 3.63) is 16.3 Å². The molecule has 1 aromatic heterocycles. The molecule has 0 N–H and O–H groups in total. The van der Waals surface area contributed by atoms with Crippen LogP contribution in [0.5, 0.6) is 0 Å². The Morgan fingerprint density at radius 1 is 1.71 bits per heavy atom. The Hall–Kier alpha value is -0.830. The summed E-state index contributed by atoms with van der Waals surface area (Å²) >= 11 is 1.52. The molecule has 1 aliphatic rings. The van der Waals surface area contributed by atoms with Crippen LogP contribution in [0, 0.1) is 11.8 Å². The quantitative estimate of drug-likeness (QED) is 0.710. The molecule has 1 aliphatic carbocycles. The van der Waals surface area contributed by atoms with Gasteiger partial charge in [-0.2, -0.15) is 0 Å². The molecular weight excluding hydrogens is 194 g/mol. The van der Waals surface area contributed by atoms with Gasteiger partial charge in [-0.25, -0.2) is 0 Å². The molecule has 1 fully saturated rings. The summed E-state index contributed by atoms with van der Waals surface area (Å²) < 4.78 is 0. The fourth-order valence-corrected chi connectivity index (χ4v) is 2.46. The van der Waals surface area contributed by atoms with Crippen molar-refractivity contribution in [3.63, 3.8) is 0 Å². The Labute approximate surface area is 88.5 Å². The van der Waals surface area contributed by atoms with Crippen LogP contribution in [-0.4, -0.2) is 19.9 Å². The molecule has 2 unspecified atom stereocenters. The first-order valence-electron chi connectivity index (χ1n) is 4.95. The van der Waals surface area contributed by atoms with Crippen LogP contribution >= 0.6 is 11.3 Å². The van der Waals surface area contributed by atoms with E-state index in [1.165, 1.54) is 23.4 Å². The molecule has 0 bridgehead atoms. The molecule has 76 valence electrons. The first kappa shape index (κ1) is 9.71. The van der Waals surface area contributed by atoms with Gasteiger partial charge in [-0.3, -0.25) is 4.79 Å². The summed E-state index contributed by atoms with van der Waals surface area (Å²) in [6.07, 6.45) is 2.27. The van der Waals surface area contributed by atoms with Gasteiger partial charge < -0.3 is 4.90 Å². The molecule has 1 heterocycles. The summed E-state index contributed by atoms with van der Waals surface area (Å²) in [5, 5.41) is 2.05. The van der Waals surface area contributed by atoms with E-state index < -0.39 is 0 Å². The molecule has 0 spiro atoms. The molecule has 0 aliphatic heterocycles. The number of nitrogens with zero attached hydrogens (tertiary/aromatic N) is 1. The first-order chi connectivity index (χ1) is 6.70. The minimum atomic E-state index is 0.815. The Bertz CT molecular complexity index is 334. The number of rotatable bonds is 4. The van der Waals surface area contributed by atoms with Crippen LogP contribution in [0.15, 0.2) is 11.4 Å². The highest BCUT2D eigenvalue weighted by Gasteiger charge is 2.33. The molecule has 0 amide bonds. The van der Waals surface area contributed by atoms with E-state index in [0.29, 0.717) is 0 Å². The lowest BCUT2D eigenvalue weighted by Crippen LogP contribution is -2.19. The monoisotopic (exact) mass is 209 g/mol. The normalized spacial score (nSPS) is 24.7. The van der Waals surface area contributed by atoms with Crippen molar-refractivity contribution >= 4 is 23.3 Å². The third-order valence-corrected chi connectivity index (χ3v) is 3.79. The molecule has 0 aromatic carbocycles. The topological polar surface area (TPSA) is 20.3 Å². The molecule has 2 atom stereocenters. The molecule has 2 rings (SSSR count). The maximum Gasteiger partial charge on any atom is 0.160 e. The van der Waals surface area contributed by atoms with E-state index in [9.17, 15) is 4.79 Å². The number of anilines is 1. The van der Waals surface area contributed by atoms with Crippen LogP contribution < -0.4 is 4.90 Å². The third kappa shape index (κ3) is 1.98. The van der Waals surface area contributed by atoms with Gasteiger partial charge in [0.1, 0.15) is 0 Å². The van der Waals surface area contributed by atoms with Crippen LogP contribution in [0.2, 0.25) is 0 Å². The van der Waals surface area contributed by atoms with E-state index in [2.05, 4.69) is 24.3 Å². The van der Waals surface area contributed by atoms with Gasteiger partial charge in [0.2, 0.25) is 0 Å². The van der Waals surface area contributed by atoms with Crippen LogP contribution in [0.25, 0.3) is 0 Å². The molecule has 3 heteroatoms. The SMILES string of the molecule is CC1CC1CN(C)c1csc(C=O)c1. The van der Waals surface area contributed by atoms with Gasteiger partial charge in [-0.05, 0) is 24.3 Å². The summed E-state index contributed by atoms with van der Waals surface area (Å²) in [5.41, 5.74) is 1.18. The largest absolute Gasteiger partial charge is 0.374 e. The van der Waals surface area contributed by atoms with Crippen LogP contribution in [0.4, 0.5) is 5.69 Å². The highest BCUT2D eigenvalue weighted by atomic mass is 32.1. The van der Waals surface area contributed by atoms with Gasteiger partial charge in [0, 0.05) is 24.7 Å². The van der Waals surface area contributed by atoms with E-state index in [1.54, 1.807) is 0 Å². The fourth-order valence-electron chi connectivity index (χ4n) is 1.71. The maximum atomic E-state index is 10.5. The van der Waals surface area contributed by atoms with Crippen LogP contribution in [-0.2, 0) is 0 Å². The van der Waals surface area contributed by atoms with E-state index in [1.807, 2.05) is 6.07 Å². The second-order valence-electron chi connectivity index (χ2n) is 4.18. The van der Waals surface area contributed by atoms with Gasteiger partial charge in [-0.15, -0.1) is 11.3 Å². The highest BCUT2D eigenvalue weighted by molar-refractivity contribution is 7.12. The number of carbonyl (C=O) groups excluding carboxylic acids is 1. The number of hydrogen-bond donors (Lipinski definition) is 0. The Morgan fingerprint density at radius 2 is 2.43 bits per heavy atom. The van der Waals surface area contributed by atoms with Crippen molar-refractivity contribution in [2.75, 3.05) is 18.5 Å². The van der Waals surface area contributed by atoms with Crippen molar-refractivity contribution in [3.8, 4) is 0 Å². The second kappa shape index (κ2) is 3.73. The van der Waals surface area contributed by atoms with Crippen molar-refractivity contribution in [2.24, 2.45) is 11.8 Å². The number of aldehydes is 1. The van der Waals surface area contributed by atoms with Gasteiger partial charge in [0.15, 0.2) is 6.29 Å². The van der Waals surface area contributed by atoms with Crippen molar-refractivity contribution in [1.82, 2.24) is 0 Å². The summed E-state index contributed by atoms with van der Waals surface area (Å²) in [6, 6.07) is 1.96. The fraction of sp³-hybridized carbons (Fsp3) is 0.545. The predicted molar refractivity (Wildman–Crippen MR) is 60.2 cm³/mol. The Kier molecular flexibility index (Phi) is 2.59. The van der Waals surface area contributed by atoms with Crippen LogP contribution in [0.3, 0.4) is 0 Å². The van der Waals surface area contributed by atoms with Crippen molar-refractivity contribution in [2.45, 2.75) is 13.3 Å². The third-order valence-electron chi connectivity index (χ3n) is 2.95. The highest BCUT2D eigenvalue weighted by Crippen LogP contribution is 2.38. The number of carbonyl (C=O) groups is 1. The van der Waals surface area contributed by atoms with Crippen molar-refractivity contribution in [1.29, 1.82) is 0 Å². The molecule has 1 aromatic rings.